The van der Waals surface area contributed by atoms with Crippen molar-refractivity contribution in [1.29, 1.82) is 0 Å². The Balaban J connectivity index is 1.62. The van der Waals surface area contributed by atoms with Gasteiger partial charge in [-0.25, -0.2) is 8.42 Å². The second kappa shape index (κ2) is 6.07. The Morgan fingerprint density at radius 1 is 0.920 bits per heavy atom. The Labute approximate surface area is 151 Å². The summed E-state index contributed by atoms with van der Waals surface area (Å²) in [6.45, 7) is 0. The Kier molecular flexibility index (Phi) is 4.13. The lowest BCUT2D eigenvalue weighted by Gasteiger charge is -2.40. The molecule has 1 aromatic rings. The van der Waals surface area contributed by atoms with Crippen molar-refractivity contribution in [3.63, 3.8) is 0 Å². The van der Waals surface area contributed by atoms with E-state index in [-0.39, 0.29) is 52.7 Å². The van der Waals surface area contributed by atoms with E-state index >= 15 is 0 Å². The van der Waals surface area contributed by atoms with Gasteiger partial charge in [0.15, 0.2) is 0 Å². The highest BCUT2D eigenvalue weighted by Gasteiger charge is 2.50. The number of carbonyl (C=O) groups excluding carboxylic acids is 2. The normalized spacial score (nSPS) is 30.3. The minimum Gasteiger partial charge on any atom is -0.279 e. The third kappa shape index (κ3) is 2.69. The van der Waals surface area contributed by atoms with Gasteiger partial charge in [-0.05, 0) is 37.8 Å². The number of nitrogens with zero attached hydrogens (tertiary/aromatic N) is 2. The molecule has 134 valence electrons. The molecule has 0 aliphatic carbocycles. The molecule has 2 atom stereocenters. The molecule has 0 spiro atoms. The van der Waals surface area contributed by atoms with Crippen molar-refractivity contribution in [1.82, 2.24) is 9.21 Å². The zero-order valence-electron chi connectivity index (χ0n) is 13.6. The molecule has 0 N–H and O–H groups in total. The maximum atomic E-state index is 13.1. The molecule has 0 saturated carbocycles. The first kappa shape index (κ1) is 17.0. The van der Waals surface area contributed by atoms with E-state index in [9.17, 15) is 18.0 Å². The van der Waals surface area contributed by atoms with Gasteiger partial charge in [-0.3, -0.25) is 14.5 Å². The molecular weight excluding hydrogens is 364 g/mol. The SMILES string of the molecule is O=C1CCC(=O)N1C1CC2CCC(C1)N2S(=O)(=O)c1ccccc1Cl. The van der Waals surface area contributed by atoms with Gasteiger partial charge in [0.2, 0.25) is 21.8 Å². The first-order chi connectivity index (χ1) is 11.9. The molecule has 2 bridgehead atoms. The summed E-state index contributed by atoms with van der Waals surface area (Å²) in [6, 6.07) is 5.90. The van der Waals surface area contributed by atoms with Gasteiger partial charge in [-0.15, -0.1) is 0 Å². The quantitative estimate of drug-likeness (QED) is 0.751. The minimum atomic E-state index is -3.69. The standard InChI is InChI=1S/C17H19ClN2O4S/c18-14-3-1-2-4-15(14)25(23,24)20-11-5-6-12(20)10-13(9-11)19-16(21)7-8-17(19)22/h1-4,11-13H,5-10H2. The molecule has 2 unspecified atom stereocenters. The number of amides is 2. The molecule has 8 heteroatoms. The fraction of sp³-hybridized carbons (Fsp3) is 0.529. The number of sulfonamides is 1. The molecule has 0 aromatic heterocycles. The topological polar surface area (TPSA) is 74.8 Å². The highest BCUT2D eigenvalue weighted by atomic mass is 35.5. The maximum absolute atomic E-state index is 13.1. The summed E-state index contributed by atoms with van der Waals surface area (Å²) in [7, 11) is -3.69. The number of hydrogen-bond acceptors (Lipinski definition) is 4. The van der Waals surface area contributed by atoms with Gasteiger partial charge in [0.05, 0.1) is 5.02 Å². The first-order valence-corrected chi connectivity index (χ1v) is 10.3. The van der Waals surface area contributed by atoms with Gasteiger partial charge in [-0.2, -0.15) is 4.31 Å². The molecule has 6 nitrogen and oxygen atoms in total. The maximum Gasteiger partial charge on any atom is 0.245 e. The van der Waals surface area contributed by atoms with E-state index in [1.54, 1.807) is 22.5 Å². The van der Waals surface area contributed by atoms with Gasteiger partial charge in [-0.1, -0.05) is 23.7 Å². The largest absolute Gasteiger partial charge is 0.279 e. The number of halogens is 1. The average Bonchev–Trinajstić information content (AvgIpc) is 3.05. The predicted octanol–water partition coefficient (Wildman–Crippen LogP) is 2.17. The second-order valence-electron chi connectivity index (χ2n) is 6.93. The Morgan fingerprint density at radius 2 is 1.48 bits per heavy atom. The van der Waals surface area contributed by atoms with Crippen LogP contribution in [0.25, 0.3) is 0 Å². The van der Waals surface area contributed by atoms with Crippen molar-refractivity contribution in [2.75, 3.05) is 0 Å². The fourth-order valence-corrected chi connectivity index (χ4v) is 6.87. The summed E-state index contributed by atoms with van der Waals surface area (Å²) in [6.07, 6.45) is 3.07. The van der Waals surface area contributed by atoms with E-state index < -0.39 is 10.0 Å². The second-order valence-corrected chi connectivity index (χ2v) is 9.15. The zero-order chi connectivity index (χ0) is 17.8. The molecule has 25 heavy (non-hydrogen) atoms. The van der Waals surface area contributed by atoms with Crippen LogP contribution < -0.4 is 0 Å². The van der Waals surface area contributed by atoms with Crippen LogP contribution in [0.4, 0.5) is 0 Å². The van der Waals surface area contributed by atoms with Crippen LogP contribution in [0.2, 0.25) is 5.02 Å². The van der Waals surface area contributed by atoms with E-state index in [1.165, 1.54) is 11.0 Å². The summed E-state index contributed by atoms with van der Waals surface area (Å²) in [5, 5.41) is 0.217. The Hall–Kier alpha value is -1.44. The van der Waals surface area contributed by atoms with E-state index in [4.69, 9.17) is 11.6 Å². The van der Waals surface area contributed by atoms with Gasteiger partial charge in [0.1, 0.15) is 4.90 Å². The molecule has 3 aliphatic heterocycles. The molecule has 3 heterocycles. The van der Waals surface area contributed by atoms with Crippen LogP contribution in [-0.2, 0) is 19.6 Å². The van der Waals surface area contributed by atoms with E-state index in [0.29, 0.717) is 12.8 Å². The van der Waals surface area contributed by atoms with Crippen LogP contribution in [0.1, 0.15) is 38.5 Å². The number of rotatable bonds is 3. The van der Waals surface area contributed by atoms with Crippen LogP contribution in [0, 0.1) is 0 Å². The lowest BCUT2D eigenvalue weighted by molar-refractivity contribution is -0.142. The zero-order valence-corrected chi connectivity index (χ0v) is 15.2. The number of carbonyl (C=O) groups is 2. The van der Waals surface area contributed by atoms with Gasteiger partial charge < -0.3 is 0 Å². The number of piperidine rings is 1. The summed E-state index contributed by atoms with van der Waals surface area (Å²) in [4.78, 5) is 25.5. The van der Waals surface area contributed by atoms with E-state index in [0.717, 1.165) is 12.8 Å². The minimum absolute atomic E-state index is 0.125. The monoisotopic (exact) mass is 382 g/mol. The van der Waals surface area contributed by atoms with Gasteiger partial charge in [0.25, 0.3) is 0 Å². The molecule has 2 amide bonds. The van der Waals surface area contributed by atoms with Crippen LogP contribution >= 0.6 is 11.6 Å². The van der Waals surface area contributed by atoms with Crippen molar-refractivity contribution in [3.8, 4) is 0 Å². The van der Waals surface area contributed by atoms with Crippen molar-refractivity contribution in [3.05, 3.63) is 29.3 Å². The van der Waals surface area contributed by atoms with Crippen LogP contribution in [-0.4, -0.2) is 47.6 Å². The molecule has 0 radical (unpaired) electrons. The van der Waals surface area contributed by atoms with Crippen LogP contribution in [0.3, 0.4) is 0 Å². The molecule has 1 aromatic carbocycles. The molecule has 3 fully saturated rings. The Morgan fingerprint density at radius 3 is 2.04 bits per heavy atom. The van der Waals surface area contributed by atoms with Crippen LogP contribution in [0.5, 0.6) is 0 Å². The molecule has 3 aliphatic rings. The van der Waals surface area contributed by atoms with Crippen molar-refractivity contribution in [2.45, 2.75) is 61.5 Å². The van der Waals surface area contributed by atoms with E-state index in [1.807, 2.05) is 0 Å². The Bertz CT molecular complexity index is 811. The first-order valence-electron chi connectivity index (χ1n) is 8.52. The van der Waals surface area contributed by atoms with Crippen molar-refractivity contribution < 1.29 is 18.0 Å². The molecule has 3 saturated heterocycles. The number of benzene rings is 1. The van der Waals surface area contributed by atoms with Crippen molar-refractivity contribution in [2.24, 2.45) is 0 Å². The fourth-order valence-electron chi connectivity index (χ4n) is 4.48. The van der Waals surface area contributed by atoms with Gasteiger partial charge in [0, 0.05) is 31.0 Å². The summed E-state index contributed by atoms with van der Waals surface area (Å²) >= 11 is 6.11. The lowest BCUT2D eigenvalue weighted by atomic mass is 9.98. The summed E-state index contributed by atoms with van der Waals surface area (Å²) in [5.74, 6) is -0.256. The third-order valence-corrected chi connectivity index (χ3v) is 7.99. The van der Waals surface area contributed by atoms with E-state index in [2.05, 4.69) is 0 Å². The number of hydrogen-bond donors (Lipinski definition) is 0. The third-order valence-electron chi connectivity index (χ3n) is 5.49. The molecule has 4 rings (SSSR count). The number of fused-ring (bicyclic) bond motifs is 2. The van der Waals surface area contributed by atoms with Crippen molar-refractivity contribution >= 4 is 33.4 Å². The lowest BCUT2D eigenvalue weighted by Crippen LogP contribution is -2.53. The van der Waals surface area contributed by atoms with Crippen LogP contribution in [0.15, 0.2) is 29.2 Å². The highest BCUT2D eigenvalue weighted by Crippen LogP contribution is 2.42. The number of likely N-dealkylation sites (tertiary alicyclic amines) is 1. The average molecular weight is 383 g/mol. The number of imide groups is 1. The molecular formula is C17H19ClN2O4S. The predicted molar refractivity (Wildman–Crippen MR) is 91.4 cm³/mol. The highest BCUT2D eigenvalue weighted by molar-refractivity contribution is 7.89. The van der Waals surface area contributed by atoms with Gasteiger partial charge >= 0.3 is 0 Å². The summed E-state index contributed by atoms with van der Waals surface area (Å²) < 4.78 is 27.8. The smallest absolute Gasteiger partial charge is 0.245 e. The summed E-state index contributed by atoms with van der Waals surface area (Å²) in [5.41, 5.74) is 0.